The van der Waals surface area contributed by atoms with Crippen LogP contribution < -0.4 is 15.5 Å². The zero-order valence-electron chi connectivity index (χ0n) is 22.4. The molecular weight excluding hydrogens is 494 g/mol. The summed E-state index contributed by atoms with van der Waals surface area (Å²) in [6.45, 7) is 4.80. The predicted octanol–water partition coefficient (Wildman–Crippen LogP) is 3.96. The maximum Gasteiger partial charge on any atom is 0.321 e. The second kappa shape index (κ2) is 13.4. The van der Waals surface area contributed by atoms with E-state index in [0.29, 0.717) is 38.4 Å². The highest BCUT2D eigenvalue weighted by Gasteiger charge is 2.22. The van der Waals surface area contributed by atoms with Crippen LogP contribution in [-0.4, -0.2) is 74.1 Å². The molecular formula is C30H35N5O4. The van der Waals surface area contributed by atoms with E-state index in [2.05, 4.69) is 15.5 Å². The second-order valence-corrected chi connectivity index (χ2v) is 9.54. The summed E-state index contributed by atoms with van der Waals surface area (Å²) >= 11 is 0. The van der Waals surface area contributed by atoms with Crippen LogP contribution in [0.4, 0.5) is 21.9 Å². The van der Waals surface area contributed by atoms with Gasteiger partial charge in [0, 0.05) is 56.9 Å². The van der Waals surface area contributed by atoms with Gasteiger partial charge in [0.15, 0.2) is 0 Å². The molecule has 39 heavy (non-hydrogen) atoms. The number of amides is 4. The third-order valence-electron chi connectivity index (χ3n) is 6.52. The fourth-order valence-corrected chi connectivity index (χ4v) is 4.47. The first-order valence-corrected chi connectivity index (χ1v) is 13.0. The maximum absolute atomic E-state index is 12.8. The molecule has 4 amide bonds. The van der Waals surface area contributed by atoms with Gasteiger partial charge in [0.25, 0.3) is 0 Å². The van der Waals surface area contributed by atoms with E-state index in [0.717, 1.165) is 22.5 Å². The van der Waals surface area contributed by atoms with Gasteiger partial charge in [0.05, 0.1) is 0 Å². The van der Waals surface area contributed by atoms with Gasteiger partial charge in [0.1, 0.15) is 13.2 Å². The van der Waals surface area contributed by atoms with Crippen molar-refractivity contribution in [2.75, 3.05) is 62.0 Å². The molecule has 0 bridgehead atoms. The van der Waals surface area contributed by atoms with Gasteiger partial charge in [-0.25, -0.2) is 4.79 Å². The van der Waals surface area contributed by atoms with E-state index in [-0.39, 0.29) is 31.0 Å². The van der Waals surface area contributed by atoms with Gasteiger partial charge in [0.2, 0.25) is 11.8 Å². The quantitative estimate of drug-likeness (QED) is 0.438. The first-order valence-electron chi connectivity index (χ1n) is 13.0. The van der Waals surface area contributed by atoms with Gasteiger partial charge in [-0.2, -0.15) is 0 Å². The Balaban J connectivity index is 1.27. The van der Waals surface area contributed by atoms with Crippen molar-refractivity contribution in [3.8, 4) is 0 Å². The Morgan fingerprint density at radius 1 is 0.846 bits per heavy atom. The number of hydrogen-bond donors (Lipinski definition) is 2. The lowest BCUT2D eigenvalue weighted by Crippen LogP contribution is -2.50. The van der Waals surface area contributed by atoms with E-state index >= 15 is 0 Å². The third kappa shape index (κ3) is 8.05. The monoisotopic (exact) mass is 529 g/mol. The summed E-state index contributed by atoms with van der Waals surface area (Å²) in [7, 11) is 1.46. The zero-order chi connectivity index (χ0) is 27.6. The lowest BCUT2D eigenvalue weighted by atomic mass is 10.2. The van der Waals surface area contributed by atoms with Crippen LogP contribution in [0.1, 0.15) is 11.1 Å². The smallest absolute Gasteiger partial charge is 0.321 e. The molecule has 0 atom stereocenters. The number of nitrogens with one attached hydrogen (secondary N) is 2. The fourth-order valence-electron chi connectivity index (χ4n) is 4.47. The molecule has 9 nitrogen and oxygen atoms in total. The van der Waals surface area contributed by atoms with Crippen molar-refractivity contribution in [1.82, 2.24) is 9.80 Å². The minimum absolute atomic E-state index is 0.0780. The molecule has 3 aromatic rings. The number of piperazine rings is 1. The molecule has 0 aromatic heterocycles. The number of nitrogens with zero attached hydrogens (tertiary/aromatic N) is 3. The summed E-state index contributed by atoms with van der Waals surface area (Å²) < 4.78 is 4.99. The molecule has 2 N–H and O–H groups in total. The summed E-state index contributed by atoms with van der Waals surface area (Å²) in [5, 5.41) is 5.85. The summed E-state index contributed by atoms with van der Waals surface area (Å²) in [5.41, 5.74) is 4.51. The lowest BCUT2D eigenvalue weighted by Gasteiger charge is -2.36. The summed E-state index contributed by atoms with van der Waals surface area (Å²) in [5.74, 6) is -0.532. The van der Waals surface area contributed by atoms with E-state index in [9.17, 15) is 14.4 Å². The van der Waals surface area contributed by atoms with Crippen LogP contribution in [0.3, 0.4) is 0 Å². The average molecular weight is 530 g/mol. The Morgan fingerprint density at radius 2 is 1.56 bits per heavy atom. The van der Waals surface area contributed by atoms with Gasteiger partial charge in [-0.1, -0.05) is 42.5 Å². The molecule has 0 unspecified atom stereocenters. The second-order valence-electron chi connectivity index (χ2n) is 9.54. The number of carbonyl (C=O) groups is 3. The van der Waals surface area contributed by atoms with Gasteiger partial charge in [-0.15, -0.1) is 0 Å². The molecule has 0 spiro atoms. The molecule has 204 valence electrons. The Morgan fingerprint density at radius 3 is 2.23 bits per heavy atom. The molecule has 4 rings (SSSR count). The number of urea groups is 1. The van der Waals surface area contributed by atoms with Crippen LogP contribution in [-0.2, 0) is 20.9 Å². The molecule has 0 saturated carbocycles. The number of rotatable bonds is 9. The van der Waals surface area contributed by atoms with Crippen molar-refractivity contribution in [2.45, 2.75) is 13.5 Å². The van der Waals surface area contributed by atoms with Crippen LogP contribution in [0, 0.1) is 6.92 Å². The Hall–Kier alpha value is -4.37. The normalized spacial score (nSPS) is 13.1. The molecule has 0 aliphatic carbocycles. The Labute approximate surface area is 229 Å². The van der Waals surface area contributed by atoms with E-state index in [1.165, 1.54) is 12.0 Å². The van der Waals surface area contributed by atoms with Crippen molar-refractivity contribution in [3.63, 3.8) is 0 Å². The number of ether oxygens (including phenoxy) is 1. The topological polar surface area (TPSA) is 94.2 Å². The molecule has 9 heteroatoms. The predicted molar refractivity (Wildman–Crippen MR) is 153 cm³/mol. The maximum atomic E-state index is 12.8. The zero-order valence-corrected chi connectivity index (χ0v) is 22.4. The van der Waals surface area contributed by atoms with Crippen molar-refractivity contribution >= 4 is 34.9 Å². The van der Waals surface area contributed by atoms with Gasteiger partial charge < -0.3 is 30.1 Å². The molecule has 1 heterocycles. The molecule has 1 fully saturated rings. The van der Waals surface area contributed by atoms with Gasteiger partial charge >= 0.3 is 6.03 Å². The molecule has 0 radical (unpaired) electrons. The van der Waals surface area contributed by atoms with Gasteiger partial charge in [-0.3, -0.25) is 9.59 Å². The first kappa shape index (κ1) is 27.7. The number of hydrogen-bond acceptors (Lipinski definition) is 5. The molecule has 3 aromatic carbocycles. The van der Waals surface area contributed by atoms with Crippen LogP contribution in [0.5, 0.6) is 0 Å². The minimum atomic E-state index is -0.281. The highest BCUT2D eigenvalue weighted by atomic mass is 16.5. The SMILES string of the molecule is COCC(=O)N(CC(=O)Nc1ccc(N2CCN(C(=O)Nc3cccc(C)c3)CC2)cc1)Cc1ccccc1. The van der Waals surface area contributed by atoms with Crippen LogP contribution in [0.2, 0.25) is 0 Å². The Bertz CT molecular complexity index is 1260. The number of benzene rings is 3. The third-order valence-corrected chi connectivity index (χ3v) is 6.52. The number of anilines is 3. The van der Waals surface area contributed by atoms with Crippen molar-refractivity contribution in [1.29, 1.82) is 0 Å². The van der Waals surface area contributed by atoms with Crippen molar-refractivity contribution < 1.29 is 19.1 Å². The number of methoxy groups -OCH3 is 1. The Kier molecular flexibility index (Phi) is 9.53. The molecule has 1 aliphatic heterocycles. The molecule has 1 aliphatic rings. The van der Waals surface area contributed by atoms with E-state index < -0.39 is 0 Å². The standard InChI is InChI=1S/C30H35N5O4/c1-23-7-6-10-26(19-23)32-30(38)34-17-15-33(16-18-34)27-13-11-25(12-14-27)31-28(36)21-35(29(37)22-39-2)20-24-8-4-3-5-9-24/h3-14,19H,15-18,20-22H2,1-2H3,(H,31,36)(H,32,38). The fraction of sp³-hybridized carbons (Fsp3) is 0.300. The largest absolute Gasteiger partial charge is 0.375 e. The van der Waals surface area contributed by atoms with Crippen LogP contribution in [0.25, 0.3) is 0 Å². The summed E-state index contributed by atoms with van der Waals surface area (Å²) in [4.78, 5) is 43.4. The number of carbonyl (C=O) groups excluding carboxylic acids is 3. The van der Waals surface area contributed by atoms with Crippen LogP contribution >= 0.6 is 0 Å². The highest BCUT2D eigenvalue weighted by molar-refractivity contribution is 5.95. The van der Waals surface area contributed by atoms with E-state index in [1.807, 2.05) is 90.7 Å². The minimum Gasteiger partial charge on any atom is -0.375 e. The lowest BCUT2D eigenvalue weighted by molar-refractivity contribution is -0.138. The summed E-state index contributed by atoms with van der Waals surface area (Å²) in [6.07, 6.45) is 0. The molecule has 1 saturated heterocycles. The van der Waals surface area contributed by atoms with E-state index in [4.69, 9.17) is 4.74 Å². The average Bonchev–Trinajstić information content (AvgIpc) is 2.94. The van der Waals surface area contributed by atoms with Crippen molar-refractivity contribution in [2.24, 2.45) is 0 Å². The van der Waals surface area contributed by atoms with Crippen LogP contribution in [0.15, 0.2) is 78.9 Å². The van der Waals surface area contributed by atoms with Crippen molar-refractivity contribution in [3.05, 3.63) is 90.0 Å². The summed E-state index contributed by atoms with van der Waals surface area (Å²) in [6, 6.07) is 24.8. The van der Waals surface area contributed by atoms with Gasteiger partial charge in [-0.05, 0) is 54.4 Å². The number of aryl methyl sites for hydroxylation is 1. The van der Waals surface area contributed by atoms with E-state index in [1.54, 1.807) is 0 Å². The first-order chi connectivity index (χ1) is 18.9. The highest BCUT2D eigenvalue weighted by Crippen LogP contribution is 2.20.